The van der Waals surface area contributed by atoms with Gasteiger partial charge < -0.3 is 14.6 Å². The van der Waals surface area contributed by atoms with Gasteiger partial charge in [0.2, 0.25) is 0 Å². The van der Waals surface area contributed by atoms with E-state index in [9.17, 15) is 4.79 Å². The van der Waals surface area contributed by atoms with Crippen LogP contribution in [0.2, 0.25) is 0 Å². The maximum atomic E-state index is 13.0. The molecule has 2 unspecified atom stereocenters. The number of pyridine rings is 1. The number of nitrogens with zero attached hydrogens (tertiary/aromatic N) is 4. The van der Waals surface area contributed by atoms with Crippen LogP contribution in [0.5, 0.6) is 0 Å². The molecule has 0 radical (unpaired) electrons. The number of hydrogen-bond donors (Lipinski definition) is 1. The van der Waals surface area contributed by atoms with Gasteiger partial charge in [-0.05, 0) is 94.9 Å². The zero-order chi connectivity index (χ0) is 26.2. The van der Waals surface area contributed by atoms with Crippen LogP contribution < -0.4 is 0 Å². The van der Waals surface area contributed by atoms with E-state index in [4.69, 9.17) is 4.74 Å². The molecule has 0 aliphatic carbocycles. The molecule has 2 aliphatic heterocycles. The largest absolute Gasteiger partial charge is 0.444 e. The molecule has 2 atom stereocenters. The van der Waals surface area contributed by atoms with Gasteiger partial charge in [-0.3, -0.25) is 0 Å². The molecule has 4 aromatic heterocycles. The minimum atomic E-state index is -0.460. The van der Waals surface area contributed by atoms with Gasteiger partial charge >= 0.3 is 6.09 Å². The summed E-state index contributed by atoms with van der Waals surface area (Å²) in [5, 5.41) is 5.77. The van der Waals surface area contributed by atoms with Crippen LogP contribution in [0.15, 0.2) is 18.6 Å². The van der Waals surface area contributed by atoms with E-state index in [0.29, 0.717) is 11.8 Å². The Kier molecular flexibility index (Phi) is 5.67. The standard InChI is InChI=1S/C29H37N5O2S/c1-15(2)22-23-17(4)25(18-11-20-8-9-21(12-18)34(20)28(35)36-29(5,6)7)37-27(23)32-24(22)19-10-16(3)26-30-14-31-33(26)13-19/h10,13-15,18,20-21,32H,8-9,11-12H2,1-7H3. The average Bonchev–Trinajstić information content (AvgIpc) is 3.55. The molecule has 2 saturated heterocycles. The number of aryl methyl sites for hydroxylation is 2. The molecule has 2 fully saturated rings. The van der Waals surface area contributed by atoms with Gasteiger partial charge in [-0.15, -0.1) is 11.3 Å². The van der Waals surface area contributed by atoms with E-state index in [1.54, 1.807) is 6.33 Å². The highest BCUT2D eigenvalue weighted by molar-refractivity contribution is 7.19. The number of nitrogens with one attached hydrogen (secondary N) is 1. The predicted molar refractivity (Wildman–Crippen MR) is 149 cm³/mol. The number of H-pyrrole nitrogens is 1. The first-order valence-corrected chi connectivity index (χ1v) is 14.3. The molecule has 2 bridgehead atoms. The fraction of sp³-hybridized carbons (Fsp3) is 0.552. The maximum absolute atomic E-state index is 13.0. The number of thiophene rings is 1. The smallest absolute Gasteiger partial charge is 0.410 e. The monoisotopic (exact) mass is 519 g/mol. The fourth-order valence-electron chi connectivity index (χ4n) is 6.68. The molecule has 1 amide bonds. The number of amides is 1. The number of fused-ring (bicyclic) bond motifs is 4. The highest BCUT2D eigenvalue weighted by atomic mass is 32.1. The number of ether oxygens (including phenoxy) is 1. The van der Waals surface area contributed by atoms with Crippen molar-refractivity contribution in [3.63, 3.8) is 0 Å². The topological polar surface area (TPSA) is 75.5 Å². The number of carbonyl (C=O) groups excluding carboxylic acids is 1. The quantitative estimate of drug-likeness (QED) is 0.308. The molecule has 0 spiro atoms. The molecule has 0 saturated carbocycles. The van der Waals surface area contributed by atoms with Crippen molar-refractivity contribution in [3.05, 3.63) is 40.2 Å². The number of piperidine rings is 1. The first kappa shape index (κ1) is 24.5. The Morgan fingerprint density at radius 3 is 2.54 bits per heavy atom. The second-order valence-corrected chi connectivity index (χ2v) is 13.3. The van der Waals surface area contributed by atoms with E-state index >= 15 is 0 Å². The van der Waals surface area contributed by atoms with E-state index in [2.05, 4.69) is 59.9 Å². The molecule has 4 aromatic rings. The van der Waals surface area contributed by atoms with Gasteiger partial charge in [0.25, 0.3) is 0 Å². The van der Waals surface area contributed by atoms with Crippen LogP contribution in [0, 0.1) is 13.8 Å². The molecule has 37 heavy (non-hydrogen) atoms. The zero-order valence-corrected chi connectivity index (χ0v) is 23.7. The highest BCUT2D eigenvalue weighted by Gasteiger charge is 2.46. The van der Waals surface area contributed by atoms with Crippen molar-refractivity contribution in [3.8, 4) is 11.3 Å². The summed E-state index contributed by atoms with van der Waals surface area (Å²) in [5.41, 5.74) is 6.67. The second kappa shape index (κ2) is 8.58. The number of aromatic amines is 1. The molecular formula is C29H37N5O2S. The third-order valence-electron chi connectivity index (χ3n) is 8.09. The van der Waals surface area contributed by atoms with Gasteiger partial charge in [-0.2, -0.15) is 5.10 Å². The molecule has 7 nitrogen and oxygen atoms in total. The summed E-state index contributed by atoms with van der Waals surface area (Å²) in [5.74, 6) is 0.862. The predicted octanol–water partition coefficient (Wildman–Crippen LogP) is 7.32. The molecule has 0 aromatic carbocycles. The molecule has 8 heteroatoms. The van der Waals surface area contributed by atoms with Crippen molar-refractivity contribution in [2.75, 3.05) is 0 Å². The lowest BCUT2D eigenvalue weighted by molar-refractivity contribution is 0.00595. The van der Waals surface area contributed by atoms with Crippen molar-refractivity contribution in [1.82, 2.24) is 24.5 Å². The zero-order valence-electron chi connectivity index (χ0n) is 22.9. The summed E-state index contributed by atoms with van der Waals surface area (Å²) in [4.78, 5) is 25.9. The number of hydrogen-bond acceptors (Lipinski definition) is 5. The van der Waals surface area contributed by atoms with E-state index in [1.165, 1.54) is 31.9 Å². The van der Waals surface area contributed by atoms with Gasteiger partial charge in [-0.25, -0.2) is 14.3 Å². The van der Waals surface area contributed by atoms with Gasteiger partial charge in [0.15, 0.2) is 5.65 Å². The maximum Gasteiger partial charge on any atom is 0.410 e. The third-order valence-corrected chi connectivity index (χ3v) is 9.46. The van der Waals surface area contributed by atoms with E-state index in [1.807, 2.05) is 36.6 Å². The normalized spacial score (nSPS) is 22.1. The molecule has 6 heterocycles. The first-order chi connectivity index (χ1) is 17.5. The van der Waals surface area contributed by atoms with Crippen LogP contribution in [0.25, 0.3) is 27.1 Å². The summed E-state index contributed by atoms with van der Waals surface area (Å²) in [6.45, 7) is 14.8. The van der Waals surface area contributed by atoms with Crippen LogP contribution in [-0.4, -0.2) is 48.3 Å². The Bertz CT molecular complexity index is 1490. The Morgan fingerprint density at radius 1 is 1.19 bits per heavy atom. The number of rotatable bonds is 3. The van der Waals surface area contributed by atoms with Crippen molar-refractivity contribution in [1.29, 1.82) is 0 Å². The van der Waals surface area contributed by atoms with Gasteiger partial charge in [-0.1, -0.05) is 13.8 Å². The van der Waals surface area contributed by atoms with Crippen LogP contribution in [-0.2, 0) is 4.74 Å². The summed E-state index contributed by atoms with van der Waals surface area (Å²) in [6, 6.07) is 2.76. The van der Waals surface area contributed by atoms with Crippen molar-refractivity contribution >= 4 is 33.3 Å². The van der Waals surface area contributed by atoms with Crippen LogP contribution in [0.4, 0.5) is 4.79 Å². The molecule has 2 aliphatic rings. The Hall–Kier alpha value is -2.87. The average molecular weight is 520 g/mol. The SMILES string of the molecule is Cc1c(C2CC3CCC(C2)N3C(=O)OC(C)(C)C)sc2[nH]c(-c3cc(C)c4ncnn4c3)c(C(C)C)c12. The minimum absolute atomic E-state index is 0.139. The Balaban J connectivity index is 1.35. The lowest BCUT2D eigenvalue weighted by Gasteiger charge is -2.39. The molecule has 1 N–H and O–H groups in total. The number of carbonyl (C=O) groups is 1. The van der Waals surface area contributed by atoms with Crippen LogP contribution in [0.1, 0.15) is 93.7 Å². The lowest BCUT2D eigenvalue weighted by Crippen LogP contribution is -2.48. The second-order valence-electron chi connectivity index (χ2n) is 12.2. The van der Waals surface area contributed by atoms with Crippen molar-refractivity contribution in [2.24, 2.45) is 0 Å². The third kappa shape index (κ3) is 4.04. The van der Waals surface area contributed by atoms with Gasteiger partial charge in [0, 0.05) is 34.1 Å². The van der Waals surface area contributed by atoms with E-state index in [0.717, 1.165) is 42.5 Å². The number of aromatic nitrogens is 4. The molecule has 6 rings (SSSR count). The van der Waals surface area contributed by atoms with E-state index in [-0.39, 0.29) is 18.2 Å². The molecular weight excluding hydrogens is 482 g/mol. The minimum Gasteiger partial charge on any atom is -0.444 e. The lowest BCUT2D eigenvalue weighted by atomic mass is 9.87. The first-order valence-electron chi connectivity index (χ1n) is 13.5. The summed E-state index contributed by atoms with van der Waals surface area (Å²) >= 11 is 1.91. The highest BCUT2D eigenvalue weighted by Crippen LogP contribution is 2.50. The van der Waals surface area contributed by atoms with Crippen LogP contribution in [0.3, 0.4) is 0 Å². The Morgan fingerprint density at radius 2 is 1.89 bits per heavy atom. The van der Waals surface area contributed by atoms with Gasteiger partial charge in [0.1, 0.15) is 16.8 Å². The summed E-state index contributed by atoms with van der Waals surface area (Å²) < 4.78 is 7.63. The van der Waals surface area contributed by atoms with E-state index < -0.39 is 5.60 Å². The fourth-order valence-corrected chi connectivity index (χ4v) is 8.03. The van der Waals surface area contributed by atoms with Gasteiger partial charge in [0.05, 0.1) is 5.69 Å². The Labute approximate surface area is 222 Å². The summed E-state index contributed by atoms with van der Waals surface area (Å²) in [7, 11) is 0. The van der Waals surface area contributed by atoms with Crippen LogP contribution >= 0.6 is 11.3 Å². The van der Waals surface area contributed by atoms with Crippen molar-refractivity contribution < 1.29 is 9.53 Å². The summed E-state index contributed by atoms with van der Waals surface area (Å²) in [6.07, 6.45) is 7.75. The molecule has 196 valence electrons. The van der Waals surface area contributed by atoms with Crippen molar-refractivity contribution in [2.45, 2.75) is 104 Å².